The monoisotopic (exact) mass is 189 g/mol. The van der Waals surface area contributed by atoms with Gasteiger partial charge in [-0.3, -0.25) is 5.11 Å². The fourth-order valence-corrected chi connectivity index (χ4v) is 0.808. The van der Waals surface area contributed by atoms with Gasteiger partial charge in [-0.1, -0.05) is 15.9 Å². The van der Waals surface area contributed by atoms with Crippen LogP contribution in [0.5, 0.6) is 5.75 Å². The second-order valence-corrected chi connectivity index (χ2v) is 2.49. The second-order valence-electron chi connectivity index (χ2n) is 1.57. The van der Waals surface area contributed by atoms with Crippen molar-refractivity contribution in [2.24, 2.45) is 0 Å². The molecule has 47 valence electrons. The van der Waals surface area contributed by atoms with Crippen LogP contribution >= 0.6 is 15.9 Å². The average Bonchev–Trinajstić information content (AvgIpc) is 1.80. The first kappa shape index (κ1) is 6.55. The minimum absolute atomic E-state index is 0.571. The molecule has 1 radical (unpaired) electrons. The van der Waals surface area contributed by atoms with Gasteiger partial charge in [0, 0.05) is 4.47 Å². The average molecular weight is 190 g/mol. The molecule has 1 nitrogen and oxygen atoms in total. The van der Waals surface area contributed by atoms with E-state index in [1.807, 2.05) is 0 Å². The van der Waals surface area contributed by atoms with E-state index in [1.165, 1.54) is 12.1 Å². The lowest BCUT2D eigenvalue weighted by atomic mass is 10.3. The van der Waals surface area contributed by atoms with Gasteiger partial charge in [0.25, 0.3) is 0 Å². The van der Waals surface area contributed by atoms with Gasteiger partial charge >= 0.3 is 0 Å². The summed E-state index contributed by atoms with van der Waals surface area (Å²) in [5, 5.41) is 10.4. The molecule has 0 N–H and O–H groups in total. The van der Waals surface area contributed by atoms with Crippen molar-refractivity contribution in [1.29, 1.82) is 0 Å². The van der Waals surface area contributed by atoms with Crippen molar-refractivity contribution in [3.63, 3.8) is 0 Å². The molecule has 1 aromatic carbocycles. The third-order valence-electron chi connectivity index (χ3n) is 0.894. The van der Waals surface area contributed by atoms with E-state index in [0.717, 1.165) is 6.07 Å². The highest BCUT2D eigenvalue weighted by Gasteiger charge is 1.99. The lowest BCUT2D eigenvalue weighted by Gasteiger charge is -1.89. The van der Waals surface area contributed by atoms with Crippen molar-refractivity contribution in [3.05, 3.63) is 28.5 Å². The van der Waals surface area contributed by atoms with E-state index in [0.29, 0.717) is 4.47 Å². The van der Waals surface area contributed by atoms with Crippen molar-refractivity contribution in [2.75, 3.05) is 0 Å². The molecule has 3 heteroatoms. The third kappa shape index (κ3) is 1.42. The van der Waals surface area contributed by atoms with Crippen molar-refractivity contribution >= 4 is 15.9 Å². The first-order valence-electron chi connectivity index (χ1n) is 2.32. The van der Waals surface area contributed by atoms with E-state index in [-0.39, 0.29) is 0 Å². The molecular formula is C6H3BrFO. The summed E-state index contributed by atoms with van der Waals surface area (Å²) < 4.78 is 12.8. The van der Waals surface area contributed by atoms with Crippen LogP contribution in [0.15, 0.2) is 22.7 Å². The Bertz CT molecular complexity index is 224. The number of hydrogen-bond acceptors (Lipinski definition) is 0. The van der Waals surface area contributed by atoms with Crippen LogP contribution in [0.3, 0.4) is 0 Å². The summed E-state index contributed by atoms with van der Waals surface area (Å²) >= 11 is 3.02. The predicted molar refractivity (Wildman–Crippen MR) is 34.2 cm³/mol. The lowest BCUT2D eigenvalue weighted by Crippen LogP contribution is -1.72. The van der Waals surface area contributed by atoms with Crippen LogP contribution in [-0.4, -0.2) is 0 Å². The molecule has 0 saturated carbocycles. The number of rotatable bonds is 0. The topological polar surface area (TPSA) is 19.9 Å². The Morgan fingerprint density at radius 1 is 1.44 bits per heavy atom. The van der Waals surface area contributed by atoms with Gasteiger partial charge in [0.05, 0.1) is 0 Å². The van der Waals surface area contributed by atoms with Crippen LogP contribution in [0.4, 0.5) is 4.39 Å². The molecule has 0 aliphatic carbocycles. The zero-order valence-electron chi connectivity index (χ0n) is 4.40. The lowest BCUT2D eigenvalue weighted by molar-refractivity contribution is 0.330. The van der Waals surface area contributed by atoms with Crippen LogP contribution in [0.2, 0.25) is 0 Å². The first-order valence-corrected chi connectivity index (χ1v) is 3.11. The summed E-state index contributed by atoms with van der Waals surface area (Å²) in [6.45, 7) is 0. The normalized spacial score (nSPS) is 9.56. The van der Waals surface area contributed by atoms with Crippen molar-refractivity contribution in [3.8, 4) is 5.75 Å². The van der Waals surface area contributed by atoms with Gasteiger partial charge in [-0.25, -0.2) is 4.39 Å². The maximum absolute atomic E-state index is 12.2. The molecule has 0 spiro atoms. The highest BCUT2D eigenvalue weighted by molar-refractivity contribution is 9.10. The van der Waals surface area contributed by atoms with Crippen LogP contribution in [0.25, 0.3) is 0 Å². The van der Waals surface area contributed by atoms with Crippen molar-refractivity contribution in [2.45, 2.75) is 0 Å². The summed E-state index contributed by atoms with van der Waals surface area (Å²) in [4.78, 5) is 0. The predicted octanol–water partition coefficient (Wildman–Crippen LogP) is 2.73. The molecule has 0 amide bonds. The largest absolute Gasteiger partial charge is 0.287 e. The Labute approximate surface area is 60.3 Å². The minimum Gasteiger partial charge on any atom is -0.287 e. The highest BCUT2D eigenvalue weighted by Crippen LogP contribution is 2.19. The van der Waals surface area contributed by atoms with E-state index in [9.17, 15) is 9.50 Å². The molecule has 0 aliphatic rings. The molecule has 0 aromatic heterocycles. The highest BCUT2D eigenvalue weighted by atomic mass is 79.9. The van der Waals surface area contributed by atoms with E-state index < -0.39 is 11.6 Å². The van der Waals surface area contributed by atoms with Crippen molar-refractivity contribution in [1.82, 2.24) is 0 Å². The third-order valence-corrected chi connectivity index (χ3v) is 1.39. The molecule has 1 rings (SSSR count). The Kier molecular flexibility index (Phi) is 1.71. The van der Waals surface area contributed by atoms with E-state index in [2.05, 4.69) is 15.9 Å². The summed E-state index contributed by atoms with van der Waals surface area (Å²) in [7, 11) is 0. The SMILES string of the molecule is [O]c1ccc(Br)cc1F. The molecule has 0 saturated heterocycles. The first-order chi connectivity index (χ1) is 4.20. The minimum atomic E-state index is -0.718. The summed E-state index contributed by atoms with van der Waals surface area (Å²) in [5.41, 5.74) is 0. The standard InChI is InChI=1S/C6H3BrFO/c7-4-1-2-6(9)5(8)3-4/h1-3H. The quantitative estimate of drug-likeness (QED) is 0.599. The zero-order chi connectivity index (χ0) is 6.85. The van der Waals surface area contributed by atoms with E-state index >= 15 is 0 Å². The molecular weight excluding hydrogens is 187 g/mol. The van der Waals surface area contributed by atoms with E-state index in [1.54, 1.807) is 0 Å². The Morgan fingerprint density at radius 3 is 2.56 bits per heavy atom. The van der Waals surface area contributed by atoms with Gasteiger partial charge in [-0.05, 0) is 18.2 Å². The fraction of sp³-hybridized carbons (Fsp3) is 0. The number of benzene rings is 1. The van der Waals surface area contributed by atoms with Gasteiger partial charge in [0.1, 0.15) is 0 Å². The number of hydrogen-bond donors (Lipinski definition) is 0. The van der Waals surface area contributed by atoms with Crippen LogP contribution < -0.4 is 0 Å². The molecule has 0 aliphatic heterocycles. The molecule has 9 heavy (non-hydrogen) atoms. The van der Waals surface area contributed by atoms with Crippen LogP contribution in [-0.2, 0) is 5.11 Å². The Balaban J connectivity index is 3.17. The van der Waals surface area contributed by atoms with E-state index in [4.69, 9.17) is 0 Å². The summed E-state index contributed by atoms with van der Waals surface area (Å²) in [6.07, 6.45) is 0. The fourth-order valence-electron chi connectivity index (χ4n) is 0.475. The van der Waals surface area contributed by atoms with Gasteiger partial charge in [-0.15, -0.1) is 0 Å². The second kappa shape index (κ2) is 2.35. The summed E-state index contributed by atoms with van der Waals surface area (Å²) in [6, 6.07) is 3.83. The molecule has 0 heterocycles. The smallest absolute Gasteiger partial charge is 0.214 e. The van der Waals surface area contributed by atoms with Gasteiger partial charge in [0.15, 0.2) is 5.82 Å². The number of halogens is 2. The molecule has 1 aromatic rings. The molecule has 0 fully saturated rings. The van der Waals surface area contributed by atoms with Crippen LogP contribution in [0, 0.1) is 5.82 Å². The van der Waals surface area contributed by atoms with Gasteiger partial charge < -0.3 is 0 Å². The Hall–Kier alpha value is -0.570. The molecule has 0 unspecified atom stereocenters. The summed E-state index contributed by atoms with van der Waals surface area (Å²) in [5.74, 6) is -1.29. The van der Waals surface area contributed by atoms with Crippen LogP contribution in [0.1, 0.15) is 0 Å². The van der Waals surface area contributed by atoms with Crippen molar-refractivity contribution < 1.29 is 9.50 Å². The zero-order valence-corrected chi connectivity index (χ0v) is 5.98. The molecule has 0 atom stereocenters. The van der Waals surface area contributed by atoms with Gasteiger partial charge in [0.2, 0.25) is 5.75 Å². The van der Waals surface area contributed by atoms with Gasteiger partial charge in [-0.2, -0.15) is 0 Å². The maximum atomic E-state index is 12.2. The maximum Gasteiger partial charge on any atom is 0.214 e. The Morgan fingerprint density at radius 2 is 2.11 bits per heavy atom. The molecule has 0 bridgehead atoms.